The van der Waals surface area contributed by atoms with Crippen LogP contribution in [0.1, 0.15) is 25.8 Å². The molecule has 2 aliphatic heterocycles. The minimum Gasteiger partial charge on any atom is -0.495 e. The van der Waals surface area contributed by atoms with Gasteiger partial charge < -0.3 is 9.64 Å². The van der Waals surface area contributed by atoms with Crippen LogP contribution < -0.4 is 9.64 Å². The molecule has 5 nitrogen and oxygen atoms in total. The quantitative estimate of drug-likeness (QED) is 0.641. The summed E-state index contributed by atoms with van der Waals surface area (Å²) in [6, 6.07) is 10.5. The van der Waals surface area contributed by atoms with E-state index in [2.05, 4.69) is 13.8 Å². The van der Waals surface area contributed by atoms with Crippen molar-refractivity contribution in [3.63, 3.8) is 0 Å². The van der Waals surface area contributed by atoms with Crippen molar-refractivity contribution in [3.8, 4) is 5.75 Å². The van der Waals surface area contributed by atoms with Crippen molar-refractivity contribution in [1.82, 2.24) is 4.90 Å². The van der Waals surface area contributed by atoms with Crippen LogP contribution in [0.3, 0.4) is 0 Å². The topological polar surface area (TPSA) is 49.9 Å². The highest BCUT2D eigenvalue weighted by atomic mass is 35.5. The van der Waals surface area contributed by atoms with Crippen molar-refractivity contribution < 1.29 is 18.7 Å². The fourth-order valence-electron chi connectivity index (χ4n) is 4.59. The van der Waals surface area contributed by atoms with E-state index in [1.54, 1.807) is 18.2 Å². The minimum atomic E-state index is -0.474. The third kappa shape index (κ3) is 3.92. The van der Waals surface area contributed by atoms with Crippen LogP contribution in [0, 0.1) is 17.7 Å². The molecule has 0 spiro atoms. The normalized spacial score (nSPS) is 21.8. The first-order valence-corrected chi connectivity index (χ1v) is 10.7. The lowest BCUT2D eigenvalue weighted by atomic mass is 9.91. The molecule has 2 atom stereocenters. The molecule has 0 aromatic heterocycles. The van der Waals surface area contributed by atoms with Crippen molar-refractivity contribution >= 4 is 34.7 Å². The number of anilines is 1. The molecule has 4 rings (SSSR count). The zero-order valence-corrected chi connectivity index (χ0v) is 18.4. The zero-order valence-electron chi connectivity index (χ0n) is 17.7. The summed E-state index contributed by atoms with van der Waals surface area (Å²) in [5, 5.41) is 0.383. The standard InChI is InChI=1S/C24H24ClFN2O3/c1-14-10-15(2)13-27(12-14)22-21(16-4-7-18(26)8-5-16)23(29)28(24(22)30)19-11-17(25)6-9-20(19)31-3/h4-9,11,14-15H,10,12-13H2,1-3H3. The first-order chi connectivity index (χ1) is 14.8. The molecule has 0 bridgehead atoms. The van der Waals surface area contributed by atoms with Gasteiger partial charge in [0, 0.05) is 18.1 Å². The zero-order chi connectivity index (χ0) is 22.3. The second-order valence-electron chi connectivity index (χ2n) is 8.34. The van der Waals surface area contributed by atoms with E-state index < -0.39 is 17.6 Å². The Labute approximate surface area is 186 Å². The molecule has 2 aromatic rings. The van der Waals surface area contributed by atoms with Crippen molar-refractivity contribution in [2.45, 2.75) is 20.3 Å². The lowest BCUT2D eigenvalue weighted by molar-refractivity contribution is -0.120. The Morgan fingerprint density at radius 2 is 1.65 bits per heavy atom. The highest BCUT2D eigenvalue weighted by molar-refractivity contribution is 6.46. The fourth-order valence-corrected chi connectivity index (χ4v) is 4.76. The molecule has 0 saturated carbocycles. The van der Waals surface area contributed by atoms with Gasteiger partial charge in [0.05, 0.1) is 18.4 Å². The van der Waals surface area contributed by atoms with Gasteiger partial charge in [0.25, 0.3) is 11.8 Å². The van der Waals surface area contributed by atoms with Crippen LogP contribution in [0.4, 0.5) is 10.1 Å². The monoisotopic (exact) mass is 442 g/mol. The van der Waals surface area contributed by atoms with Crippen molar-refractivity contribution in [3.05, 3.63) is 64.6 Å². The second kappa shape index (κ2) is 8.35. The van der Waals surface area contributed by atoms with Gasteiger partial charge in [-0.1, -0.05) is 37.6 Å². The van der Waals surface area contributed by atoms with E-state index in [0.717, 1.165) is 11.3 Å². The van der Waals surface area contributed by atoms with E-state index in [-0.39, 0.29) is 11.3 Å². The number of piperidine rings is 1. The van der Waals surface area contributed by atoms with Gasteiger partial charge in [-0.15, -0.1) is 0 Å². The van der Waals surface area contributed by atoms with Crippen LogP contribution in [0.25, 0.3) is 5.57 Å². The van der Waals surface area contributed by atoms with Gasteiger partial charge in [-0.25, -0.2) is 9.29 Å². The molecule has 31 heavy (non-hydrogen) atoms. The summed E-state index contributed by atoms with van der Waals surface area (Å²) in [5.74, 6) is -0.182. The number of methoxy groups -OCH3 is 1. The summed E-state index contributed by atoms with van der Waals surface area (Å²) in [7, 11) is 1.47. The van der Waals surface area contributed by atoms with E-state index >= 15 is 0 Å². The summed E-state index contributed by atoms with van der Waals surface area (Å²) in [6.07, 6.45) is 1.06. The van der Waals surface area contributed by atoms with Crippen molar-refractivity contribution in [2.75, 3.05) is 25.1 Å². The average molecular weight is 443 g/mol. The lowest BCUT2D eigenvalue weighted by Crippen LogP contribution is -2.42. The van der Waals surface area contributed by atoms with Gasteiger partial charge in [-0.2, -0.15) is 0 Å². The molecular formula is C24H24ClFN2O3. The van der Waals surface area contributed by atoms with Crippen LogP contribution in [0.15, 0.2) is 48.2 Å². The van der Waals surface area contributed by atoms with E-state index in [1.807, 2.05) is 4.90 Å². The highest BCUT2D eigenvalue weighted by Gasteiger charge is 2.44. The highest BCUT2D eigenvalue weighted by Crippen LogP contribution is 2.41. The van der Waals surface area contributed by atoms with Crippen LogP contribution in [-0.4, -0.2) is 36.9 Å². The van der Waals surface area contributed by atoms with Gasteiger partial charge in [0.15, 0.2) is 0 Å². The largest absolute Gasteiger partial charge is 0.495 e. The maximum atomic E-state index is 13.7. The third-order valence-corrected chi connectivity index (χ3v) is 5.99. The Bertz CT molecular complexity index is 1060. The first kappa shape index (κ1) is 21.4. The number of ether oxygens (including phenoxy) is 1. The molecule has 162 valence electrons. The van der Waals surface area contributed by atoms with Crippen LogP contribution in [0.5, 0.6) is 5.75 Å². The van der Waals surface area contributed by atoms with E-state index in [4.69, 9.17) is 16.3 Å². The molecule has 2 amide bonds. The molecule has 0 aliphatic carbocycles. The fraction of sp³-hybridized carbons (Fsp3) is 0.333. The van der Waals surface area contributed by atoms with Gasteiger partial charge >= 0.3 is 0 Å². The molecule has 1 saturated heterocycles. The summed E-state index contributed by atoms with van der Waals surface area (Å²) in [6.45, 7) is 5.62. The number of halogens is 2. The Kier molecular flexibility index (Phi) is 5.75. The Morgan fingerprint density at radius 1 is 1.00 bits per heavy atom. The van der Waals surface area contributed by atoms with Crippen LogP contribution in [-0.2, 0) is 9.59 Å². The van der Waals surface area contributed by atoms with Crippen LogP contribution in [0.2, 0.25) is 5.02 Å². The van der Waals surface area contributed by atoms with Crippen molar-refractivity contribution in [1.29, 1.82) is 0 Å². The predicted octanol–water partition coefficient (Wildman–Crippen LogP) is 4.75. The number of carbonyl (C=O) groups is 2. The maximum Gasteiger partial charge on any atom is 0.282 e. The minimum absolute atomic E-state index is 0.272. The van der Waals surface area contributed by atoms with E-state index in [0.29, 0.717) is 47.0 Å². The molecule has 1 fully saturated rings. The van der Waals surface area contributed by atoms with Crippen molar-refractivity contribution in [2.24, 2.45) is 11.8 Å². The first-order valence-electron chi connectivity index (χ1n) is 10.3. The molecule has 7 heteroatoms. The summed E-state index contributed by atoms with van der Waals surface area (Å²) in [4.78, 5) is 30.4. The van der Waals surface area contributed by atoms with Gasteiger partial charge in [0.2, 0.25) is 0 Å². The number of hydrogen-bond acceptors (Lipinski definition) is 4. The Morgan fingerprint density at radius 3 is 2.26 bits per heavy atom. The van der Waals surface area contributed by atoms with E-state index in [1.165, 1.54) is 31.4 Å². The third-order valence-electron chi connectivity index (χ3n) is 5.76. The number of rotatable bonds is 4. The number of amides is 2. The van der Waals surface area contributed by atoms with Gasteiger partial charge in [0.1, 0.15) is 17.3 Å². The number of imide groups is 1. The van der Waals surface area contributed by atoms with Gasteiger partial charge in [-0.3, -0.25) is 9.59 Å². The van der Waals surface area contributed by atoms with Gasteiger partial charge in [-0.05, 0) is 54.2 Å². The SMILES string of the molecule is COc1ccc(Cl)cc1N1C(=O)C(c2ccc(F)cc2)=C(N2CC(C)CC(C)C2)C1=O. The number of hydrogen-bond donors (Lipinski definition) is 0. The second-order valence-corrected chi connectivity index (χ2v) is 8.78. The summed E-state index contributed by atoms with van der Waals surface area (Å²) in [5.41, 5.74) is 1.41. The maximum absolute atomic E-state index is 13.7. The number of carbonyl (C=O) groups excluding carboxylic acids is 2. The Balaban J connectivity index is 1.87. The molecule has 0 N–H and O–H groups in total. The molecule has 0 radical (unpaired) electrons. The average Bonchev–Trinajstić information content (AvgIpc) is 2.98. The number of benzene rings is 2. The predicted molar refractivity (Wildman–Crippen MR) is 118 cm³/mol. The number of nitrogens with zero attached hydrogens (tertiary/aromatic N) is 2. The lowest BCUT2D eigenvalue weighted by Gasteiger charge is -2.37. The van der Waals surface area contributed by atoms with Crippen LogP contribution >= 0.6 is 11.6 Å². The molecule has 2 aromatic carbocycles. The smallest absolute Gasteiger partial charge is 0.282 e. The van der Waals surface area contributed by atoms with E-state index in [9.17, 15) is 14.0 Å². The number of likely N-dealkylation sites (tertiary alicyclic amines) is 1. The molecule has 2 heterocycles. The molecular weight excluding hydrogens is 419 g/mol. The molecule has 2 unspecified atom stereocenters. The Hall–Kier alpha value is -2.86. The summed E-state index contributed by atoms with van der Waals surface area (Å²) >= 11 is 6.17. The molecule has 2 aliphatic rings. The summed E-state index contributed by atoms with van der Waals surface area (Å²) < 4.78 is 19.0.